The lowest BCUT2D eigenvalue weighted by atomic mass is 10.1. The molecule has 2 aromatic heterocycles. The van der Waals surface area contributed by atoms with Gasteiger partial charge in [0.1, 0.15) is 0 Å². The predicted octanol–water partition coefficient (Wildman–Crippen LogP) is 13.8. The van der Waals surface area contributed by atoms with Crippen LogP contribution in [0.4, 0.5) is 0 Å². The average Bonchev–Trinajstić information content (AvgIpc) is 3.81. The van der Waals surface area contributed by atoms with Crippen LogP contribution in [0.5, 0.6) is 0 Å². The molecule has 61 heavy (non-hydrogen) atoms. The van der Waals surface area contributed by atoms with E-state index < -0.39 is 16.6 Å². The van der Waals surface area contributed by atoms with Gasteiger partial charge in [-0.1, -0.05) is 170 Å². The van der Waals surface area contributed by atoms with E-state index in [2.05, 4.69) is 254 Å². The Morgan fingerprint density at radius 1 is 0.311 bits per heavy atom. The SMILES string of the molecule is C[Si](C)(O[Si](C)(C)c1ccc(/C=C/c2ccc(-n3c4ccccc4c4ccccc43)cc2)cc1)c1ccc(/C=C/c2ccc(-n3c4ccccc4c4ccccc43)cc2)cc1. The van der Waals surface area contributed by atoms with Gasteiger partial charge in [0, 0.05) is 32.9 Å². The maximum atomic E-state index is 7.16. The minimum Gasteiger partial charge on any atom is -0.449 e. The summed E-state index contributed by atoms with van der Waals surface area (Å²) >= 11 is 0. The van der Waals surface area contributed by atoms with Crippen molar-refractivity contribution in [1.29, 1.82) is 0 Å². The third kappa shape index (κ3) is 7.42. The number of nitrogens with zero attached hydrogens (tertiary/aromatic N) is 2. The van der Waals surface area contributed by atoms with E-state index >= 15 is 0 Å². The lowest BCUT2D eigenvalue weighted by Gasteiger charge is -2.34. The van der Waals surface area contributed by atoms with Crippen LogP contribution in [0.25, 0.3) is 79.3 Å². The van der Waals surface area contributed by atoms with Crippen molar-refractivity contribution >= 4 is 94.9 Å². The monoisotopic (exact) mass is 820 g/mol. The molecule has 0 saturated carbocycles. The summed E-state index contributed by atoms with van der Waals surface area (Å²) in [4.78, 5) is 0. The summed E-state index contributed by atoms with van der Waals surface area (Å²) < 4.78 is 11.9. The van der Waals surface area contributed by atoms with Crippen molar-refractivity contribution in [2.75, 3.05) is 0 Å². The highest BCUT2D eigenvalue weighted by Crippen LogP contribution is 2.33. The van der Waals surface area contributed by atoms with Gasteiger partial charge in [-0.05, 0) is 107 Å². The Morgan fingerprint density at radius 2 is 0.557 bits per heavy atom. The van der Waals surface area contributed by atoms with Crippen molar-refractivity contribution in [1.82, 2.24) is 9.13 Å². The number of fused-ring (bicyclic) bond motifs is 6. The van der Waals surface area contributed by atoms with Crippen LogP contribution >= 0.6 is 0 Å². The van der Waals surface area contributed by atoms with Gasteiger partial charge in [0.15, 0.2) is 0 Å². The topological polar surface area (TPSA) is 19.1 Å². The van der Waals surface area contributed by atoms with E-state index in [1.54, 1.807) is 0 Å². The molecule has 2 heterocycles. The molecule has 0 saturated heterocycles. The fourth-order valence-electron chi connectivity index (χ4n) is 9.00. The lowest BCUT2D eigenvalue weighted by Crippen LogP contribution is -2.57. The van der Waals surface area contributed by atoms with E-state index in [0.29, 0.717) is 0 Å². The van der Waals surface area contributed by atoms with E-state index in [-0.39, 0.29) is 0 Å². The van der Waals surface area contributed by atoms with Crippen LogP contribution in [0.15, 0.2) is 194 Å². The zero-order chi connectivity index (χ0) is 41.6. The predicted molar refractivity (Wildman–Crippen MR) is 268 cm³/mol. The number of hydrogen-bond donors (Lipinski definition) is 0. The molecule has 0 spiro atoms. The van der Waals surface area contributed by atoms with Crippen molar-refractivity contribution in [3.63, 3.8) is 0 Å². The van der Waals surface area contributed by atoms with Crippen LogP contribution in [0.2, 0.25) is 26.2 Å². The Morgan fingerprint density at radius 3 is 0.836 bits per heavy atom. The Labute approximate surface area is 360 Å². The van der Waals surface area contributed by atoms with Gasteiger partial charge >= 0.3 is 0 Å². The molecule has 0 unspecified atom stereocenters. The molecule has 0 aliphatic carbocycles. The van der Waals surface area contributed by atoms with Gasteiger partial charge in [-0.3, -0.25) is 0 Å². The molecule has 0 aliphatic heterocycles. The maximum Gasteiger partial charge on any atom is 0.206 e. The Kier molecular flexibility index (Phi) is 9.88. The second-order valence-electron chi connectivity index (χ2n) is 17.0. The van der Waals surface area contributed by atoms with Crippen LogP contribution < -0.4 is 10.4 Å². The molecule has 5 heteroatoms. The fraction of sp³-hybridized carbons (Fsp3) is 0.0714. The quantitative estimate of drug-likeness (QED) is 0.0993. The summed E-state index contributed by atoms with van der Waals surface area (Å²) in [6.45, 7) is 9.31. The Hall–Kier alpha value is -6.77. The van der Waals surface area contributed by atoms with Gasteiger partial charge in [0.05, 0.1) is 22.1 Å². The highest BCUT2D eigenvalue weighted by Gasteiger charge is 2.36. The zero-order valence-corrected chi connectivity index (χ0v) is 37.1. The molecule has 10 aromatic rings. The van der Waals surface area contributed by atoms with Crippen molar-refractivity contribution in [3.8, 4) is 11.4 Å². The first-order chi connectivity index (χ1) is 29.7. The van der Waals surface area contributed by atoms with Gasteiger partial charge in [0.25, 0.3) is 0 Å². The highest BCUT2D eigenvalue weighted by atomic mass is 28.4. The third-order valence-electron chi connectivity index (χ3n) is 12.1. The molecule has 0 amide bonds. The van der Waals surface area contributed by atoms with Crippen LogP contribution in [-0.4, -0.2) is 25.8 Å². The van der Waals surface area contributed by atoms with Gasteiger partial charge in [-0.25, -0.2) is 0 Å². The first-order valence-corrected chi connectivity index (χ1v) is 27.0. The van der Waals surface area contributed by atoms with Crippen molar-refractivity contribution in [3.05, 3.63) is 216 Å². The molecular formula is C56H48N2OSi2. The first-order valence-electron chi connectivity index (χ1n) is 21.2. The van der Waals surface area contributed by atoms with Gasteiger partial charge < -0.3 is 13.2 Å². The number of rotatable bonds is 10. The van der Waals surface area contributed by atoms with Crippen LogP contribution in [0.3, 0.4) is 0 Å². The molecule has 10 rings (SSSR count). The fourth-order valence-corrected chi connectivity index (χ4v) is 17.0. The van der Waals surface area contributed by atoms with Crippen LogP contribution in [0, 0.1) is 0 Å². The lowest BCUT2D eigenvalue weighted by molar-refractivity contribution is 0.573. The largest absolute Gasteiger partial charge is 0.449 e. The summed E-state index contributed by atoms with van der Waals surface area (Å²) in [6, 6.07) is 70.3. The van der Waals surface area contributed by atoms with E-state index in [9.17, 15) is 0 Å². The standard InChI is InChI=1S/C56H48N2OSi2/c1-60(2,47-37-29-43(30-38-47)23-21-41-25-33-45(34-26-41)57-53-17-9-5-13-49(53)50-14-6-10-18-54(50)57)59-61(3,4)48-39-31-44(32-40-48)24-22-42-27-35-46(36-28-42)58-55-19-11-7-15-51(55)52-16-8-12-20-56(52)58/h5-40H,1-4H3/b23-21+,24-22+. The average molecular weight is 821 g/mol. The molecule has 0 aliphatic rings. The van der Waals surface area contributed by atoms with E-state index in [0.717, 1.165) is 0 Å². The van der Waals surface area contributed by atoms with E-state index in [4.69, 9.17) is 4.12 Å². The first kappa shape index (κ1) is 38.4. The van der Waals surface area contributed by atoms with E-state index in [1.165, 1.54) is 87.6 Å². The number of para-hydroxylation sites is 4. The summed E-state index contributed by atoms with van der Waals surface area (Å²) in [6.07, 6.45) is 8.79. The third-order valence-corrected chi connectivity index (χ3v) is 19.7. The Balaban J connectivity index is 0.784. The molecule has 0 atom stereocenters. The molecular weight excluding hydrogens is 773 g/mol. The summed E-state index contributed by atoms with van der Waals surface area (Å²) in [5.74, 6) is 0. The second-order valence-corrected chi connectivity index (χ2v) is 25.0. The molecule has 0 N–H and O–H groups in total. The van der Waals surface area contributed by atoms with Crippen molar-refractivity contribution in [2.45, 2.75) is 26.2 Å². The molecule has 8 aromatic carbocycles. The maximum absolute atomic E-state index is 7.16. The van der Waals surface area contributed by atoms with Crippen LogP contribution in [0.1, 0.15) is 22.3 Å². The van der Waals surface area contributed by atoms with Gasteiger partial charge in [-0.15, -0.1) is 0 Å². The van der Waals surface area contributed by atoms with Crippen molar-refractivity contribution < 1.29 is 4.12 Å². The minimum atomic E-state index is -2.19. The van der Waals surface area contributed by atoms with Gasteiger partial charge in [0.2, 0.25) is 16.6 Å². The summed E-state index contributed by atoms with van der Waals surface area (Å²) in [7, 11) is -4.38. The molecule has 0 bridgehead atoms. The number of hydrogen-bond acceptors (Lipinski definition) is 1. The van der Waals surface area contributed by atoms with Crippen LogP contribution in [-0.2, 0) is 4.12 Å². The smallest absolute Gasteiger partial charge is 0.206 e. The minimum absolute atomic E-state index is 1.17. The van der Waals surface area contributed by atoms with Gasteiger partial charge in [-0.2, -0.15) is 0 Å². The molecule has 3 nitrogen and oxygen atoms in total. The Bertz CT molecular complexity index is 2910. The molecule has 0 fully saturated rings. The van der Waals surface area contributed by atoms with E-state index in [1.807, 2.05) is 0 Å². The zero-order valence-electron chi connectivity index (χ0n) is 35.1. The number of aromatic nitrogens is 2. The molecule has 296 valence electrons. The number of benzene rings is 8. The normalized spacial score (nSPS) is 12.5. The second kappa shape index (κ2) is 15.7. The highest BCUT2D eigenvalue weighted by molar-refractivity contribution is 6.96. The van der Waals surface area contributed by atoms with Crippen molar-refractivity contribution in [2.24, 2.45) is 0 Å². The summed E-state index contributed by atoms with van der Waals surface area (Å²) in [5.41, 5.74) is 11.9. The summed E-state index contributed by atoms with van der Waals surface area (Å²) in [5, 5.41) is 7.74. The molecule has 0 radical (unpaired) electrons.